The lowest BCUT2D eigenvalue weighted by Crippen LogP contribution is -2.49. The van der Waals surface area contributed by atoms with E-state index in [1.165, 1.54) is 0 Å². The number of hydrogen-bond donors (Lipinski definition) is 2. The third-order valence-corrected chi connectivity index (χ3v) is 5.07. The molecule has 0 radical (unpaired) electrons. The second kappa shape index (κ2) is 9.37. The summed E-state index contributed by atoms with van der Waals surface area (Å²) in [7, 11) is 0. The highest BCUT2D eigenvalue weighted by Gasteiger charge is 2.24. The molecule has 1 heterocycles. The van der Waals surface area contributed by atoms with Crippen LogP contribution in [-0.4, -0.2) is 48.3 Å². The molecule has 28 heavy (non-hydrogen) atoms. The van der Waals surface area contributed by atoms with Crippen LogP contribution in [0.5, 0.6) is 0 Å². The van der Waals surface area contributed by atoms with E-state index in [9.17, 15) is 14.4 Å². The number of nitrogens with one attached hydrogen (secondary N) is 2. The Morgan fingerprint density at radius 3 is 2.25 bits per heavy atom. The number of piperidine rings is 1. The molecule has 0 aromatic heterocycles. The molecular formula is C21H22ClN3O3. The highest BCUT2D eigenvalue weighted by Crippen LogP contribution is 2.15. The van der Waals surface area contributed by atoms with E-state index in [0.717, 1.165) is 0 Å². The van der Waals surface area contributed by atoms with Crippen molar-refractivity contribution < 1.29 is 14.4 Å². The molecule has 1 aliphatic rings. The fourth-order valence-corrected chi connectivity index (χ4v) is 3.36. The van der Waals surface area contributed by atoms with E-state index in [1.54, 1.807) is 41.3 Å². The lowest BCUT2D eigenvalue weighted by atomic mass is 10.0. The highest BCUT2D eigenvalue weighted by atomic mass is 35.5. The van der Waals surface area contributed by atoms with Crippen LogP contribution < -0.4 is 10.6 Å². The van der Waals surface area contributed by atoms with Crippen LogP contribution in [0.2, 0.25) is 5.02 Å². The van der Waals surface area contributed by atoms with Crippen molar-refractivity contribution in [2.45, 2.75) is 18.9 Å². The van der Waals surface area contributed by atoms with Gasteiger partial charge in [0.05, 0.1) is 17.1 Å². The number of rotatable bonds is 5. The summed E-state index contributed by atoms with van der Waals surface area (Å²) in [6, 6.07) is 15.8. The average Bonchev–Trinajstić information content (AvgIpc) is 2.73. The van der Waals surface area contributed by atoms with Gasteiger partial charge in [0, 0.05) is 24.7 Å². The third kappa shape index (κ3) is 5.10. The van der Waals surface area contributed by atoms with E-state index >= 15 is 0 Å². The molecule has 2 N–H and O–H groups in total. The first-order chi connectivity index (χ1) is 13.5. The van der Waals surface area contributed by atoms with Crippen LogP contribution in [0.15, 0.2) is 54.6 Å². The van der Waals surface area contributed by atoms with E-state index in [1.807, 2.05) is 18.2 Å². The summed E-state index contributed by atoms with van der Waals surface area (Å²) in [6.45, 7) is 1.01. The number of amides is 3. The molecule has 0 unspecified atom stereocenters. The molecule has 1 aliphatic heterocycles. The summed E-state index contributed by atoms with van der Waals surface area (Å²) in [4.78, 5) is 38.4. The molecule has 3 rings (SSSR count). The Morgan fingerprint density at radius 2 is 1.57 bits per heavy atom. The van der Waals surface area contributed by atoms with Crippen molar-refractivity contribution in [3.05, 3.63) is 70.7 Å². The van der Waals surface area contributed by atoms with Crippen LogP contribution in [0, 0.1) is 0 Å². The van der Waals surface area contributed by atoms with Gasteiger partial charge in [0.2, 0.25) is 5.91 Å². The monoisotopic (exact) mass is 399 g/mol. The number of hydrogen-bond acceptors (Lipinski definition) is 3. The summed E-state index contributed by atoms with van der Waals surface area (Å²) in [5.74, 6) is -0.616. The summed E-state index contributed by atoms with van der Waals surface area (Å²) in [5.41, 5.74) is 0.975. The number of nitrogens with zero attached hydrogens (tertiary/aromatic N) is 1. The molecule has 0 spiro atoms. The number of halogens is 1. The Kier molecular flexibility index (Phi) is 6.66. The zero-order valence-corrected chi connectivity index (χ0v) is 16.1. The minimum Gasteiger partial charge on any atom is -0.349 e. The average molecular weight is 400 g/mol. The van der Waals surface area contributed by atoms with E-state index in [2.05, 4.69) is 10.6 Å². The number of likely N-dealkylation sites (tertiary alicyclic amines) is 1. The normalized spacial score (nSPS) is 14.4. The van der Waals surface area contributed by atoms with E-state index in [0.29, 0.717) is 42.1 Å². The minimum absolute atomic E-state index is 0.0365. The van der Waals surface area contributed by atoms with E-state index in [4.69, 9.17) is 11.6 Å². The predicted octanol–water partition coefficient (Wildman–Crippen LogP) is 2.49. The quantitative estimate of drug-likeness (QED) is 0.810. The van der Waals surface area contributed by atoms with Gasteiger partial charge in [0.25, 0.3) is 11.8 Å². The Balaban J connectivity index is 1.43. The van der Waals surface area contributed by atoms with Crippen LogP contribution in [0.4, 0.5) is 0 Å². The molecule has 6 nitrogen and oxygen atoms in total. The molecule has 2 aromatic rings. The van der Waals surface area contributed by atoms with Gasteiger partial charge < -0.3 is 15.5 Å². The van der Waals surface area contributed by atoms with Gasteiger partial charge in [-0.1, -0.05) is 41.9 Å². The standard InChI is InChI=1S/C21H22ClN3O3/c22-18-9-5-4-8-17(18)21(28)23-14-19(26)25-12-10-16(11-13-25)24-20(27)15-6-2-1-3-7-15/h1-9,16H,10-14H2,(H,23,28)(H,24,27). The Hall–Kier alpha value is -2.86. The maximum atomic E-state index is 12.4. The van der Waals surface area contributed by atoms with Crippen molar-refractivity contribution in [2.24, 2.45) is 0 Å². The second-order valence-corrected chi connectivity index (χ2v) is 7.06. The van der Waals surface area contributed by atoms with E-state index < -0.39 is 0 Å². The first kappa shape index (κ1) is 19.9. The molecule has 0 aliphatic carbocycles. The zero-order valence-electron chi connectivity index (χ0n) is 15.4. The molecule has 1 saturated heterocycles. The Labute approximate surface area is 168 Å². The van der Waals surface area contributed by atoms with Gasteiger partial charge in [0.15, 0.2) is 0 Å². The molecule has 1 fully saturated rings. The van der Waals surface area contributed by atoms with Crippen molar-refractivity contribution in [1.29, 1.82) is 0 Å². The first-order valence-corrected chi connectivity index (χ1v) is 9.59. The lowest BCUT2D eigenvalue weighted by molar-refractivity contribution is -0.131. The summed E-state index contributed by atoms with van der Waals surface area (Å²) in [6.07, 6.45) is 1.37. The van der Waals surface area contributed by atoms with Gasteiger partial charge in [0.1, 0.15) is 0 Å². The molecular weight excluding hydrogens is 378 g/mol. The third-order valence-electron chi connectivity index (χ3n) is 4.74. The predicted molar refractivity (Wildman–Crippen MR) is 107 cm³/mol. The largest absolute Gasteiger partial charge is 0.349 e. The fourth-order valence-electron chi connectivity index (χ4n) is 3.14. The van der Waals surface area contributed by atoms with Crippen molar-refractivity contribution in [2.75, 3.05) is 19.6 Å². The maximum Gasteiger partial charge on any atom is 0.253 e. The highest BCUT2D eigenvalue weighted by molar-refractivity contribution is 6.33. The van der Waals surface area contributed by atoms with Gasteiger partial charge in [-0.2, -0.15) is 0 Å². The summed E-state index contributed by atoms with van der Waals surface area (Å²) >= 11 is 5.99. The van der Waals surface area contributed by atoms with Gasteiger partial charge in [-0.3, -0.25) is 14.4 Å². The Morgan fingerprint density at radius 1 is 0.929 bits per heavy atom. The summed E-state index contributed by atoms with van der Waals surface area (Å²) < 4.78 is 0. The number of carbonyl (C=O) groups excluding carboxylic acids is 3. The SMILES string of the molecule is O=C(NC1CCN(C(=O)CNC(=O)c2ccccc2Cl)CC1)c1ccccc1. The van der Waals surface area contributed by atoms with Crippen LogP contribution in [-0.2, 0) is 4.79 Å². The van der Waals surface area contributed by atoms with E-state index in [-0.39, 0.29) is 30.3 Å². The Bertz CT molecular complexity index is 849. The van der Waals surface area contributed by atoms with Crippen LogP contribution in [0.3, 0.4) is 0 Å². The molecule has 0 saturated carbocycles. The molecule has 7 heteroatoms. The molecule has 0 bridgehead atoms. The fraction of sp³-hybridized carbons (Fsp3) is 0.286. The second-order valence-electron chi connectivity index (χ2n) is 6.66. The van der Waals surface area contributed by atoms with Gasteiger partial charge in [-0.15, -0.1) is 0 Å². The number of carbonyl (C=O) groups is 3. The molecule has 2 aromatic carbocycles. The van der Waals surface area contributed by atoms with Crippen LogP contribution in [0.1, 0.15) is 33.6 Å². The molecule has 0 atom stereocenters. The minimum atomic E-state index is -0.371. The maximum absolute atomic E-state index is 12.4. The topological polar surface area (TPSA) is 78.5 Å². The summed E-state index contributed by atoms with van der Waals surface area (Å²) in [5, 5.41) is 5.98. The van der Waals surface area contributed by atoms with Crippen molar-refractivity contribution >= 4 is 29.3 Å². The number of benzene rings is 2. The van der Waals surface area contributed by atoms with Gasteiger partial charge in [-0.05, 0) is 37.1 Å². The van der Waals surface area contributed by atoms with Gasteiger partial charge in [-0.25, -0.2) is 0 Å². The van der Waals surface area contributed by atoms with Crippen LogP contribution in [0.25, 0.3) is 0 Å². The van der Waals surface area contributed by atoms with Crippen molar-refractivity contribution in [3.8, 4) is 0 Å². The van der Waals surface area contributed by atoms with Crippen molar-refractivity contribution in [3.63, 3.8) is 0 Å². The van der Waals surface area contributed by atoms with Crippen molar-refractivity contribution in [1.82, 2.24) is 15.5 Å². The van der Waals surface area contributed by atoms with Crippen LogP contribution >= 0.6 is 11.6 Å². The molecule has 146 valence electrons. The molecule has 3 amide bonds. The van der Waals surface area contributed by atoms with Gasteiger partial charge >= 0.3 is 0 Å². The lowest BCUT2D eigenvalue weighted by Gasteiger charge is -2.32. The first-order valence-electron chi connectivity index (χ1n) is 9.21. The zero-order chi connectivity index (χ0) is 19.9. The smallest absolute Gasteiger partial charge is 0.253 e.